The number of alkyl halides is 1. The smallest absolute Gasteiger partial charge is 0.302 e. The summed E-state index contributed by atoms with van der Waals surface area (Å²) in [5.74, 6) is -0.396. The van der Waals surface area contributed by atoms with Gasteiger partial charge in [0.15, 0.2) is 6.29 Å². The van der Waals surface area contributed by atoms with Crippen molar-refractivity contribution in [1.29, 1.82) is 0 Å². The Morgan fingerprint density at radius 2 is 1.20 bits per heavy atom. The average molecular weight is 661 g/mol. The summed E-state index contributed by atoms with van der Waals surface area (Å²) < 4.78 is 38.6. The molecule has 0 radical (unpaired) electrons. The van der Waals surface area contributed by atoms with Crippen LogP contribution in [-0.4, -0.2) is 53.8 Å². The van der Waals surface area contributed by atoms with E-state index in [1.165, 1.54) is 6.92 Å². The van der Waals surface area contributed by atoms with Crippen LogP contribution < -0.4 is 0 Å². The minimum Gasteiger partial charge on any atom is -0.463 e. The zero-order valence-corrected chi connectivity index (χ0v) is 25.1. The summed E-state index contributed by atoms with van der Waals surface area (Å²) in [4.78, 5) is 11.8. The molecule has 0 N–H and O–H groups in total. The highest BCUT2D eigenvalue weighted by Gasteiger charge is 2.49. The standard InChI is InChI=1S/C32H37IO7/c1-23(18-33)39-32-31(38-21-27-16-10-5-11-17-27)30(37-20-26-14-8-4-9-15-26)29(28(40-32)22-35-24(2)34)36-19-25-12-6-3-7-13-25/h3-17,23,28-32H,18-22H2,1-2H3/t23-,28-,29-,30+,31+,32-/m1/s1. The van der Waals surface area contributed by atoms with E-state index < -0.39 is 36.7 Å². The molecule has 0 amide bonds. The largest absolute Gasteiger partial charge is 0.463 e. The summed E-state index contributed by atoms with van der Waals surface area (Å²) in [6.45, 7) is 4.39. The summed E-state index contributed by atoms with van der Waals surface area (Å²) in [7, 11) is 0. The van der Waals surface area contributed by atoms with Crippen LogP contribution in [0.5, 0.6) is 0 Å². The van der Waals surface area contributed by atoms with Gasteiger partial charge in [0.05, 0.1) is 25.9 Å². The van der Waals surface area contributed by atoms with Gasteiger partial charge in [0.25, 0.3) is 0 Å². The van der Waals surface area contributed by atoms with Crippen LogP contribution in [0.4, 0.5) is 0 Å². The Balaban J connectivity index is 1.65. The first-order valence-corrected chi connectivity index (χ1v) is 15.0. The number of carbonyl (C=O) groups excluding carboxylic acids is 1. The van der Waals surface area contributed by atoms with Crippen LogP contribution in [0, 0.1) is 0 Å². The third-order valence-electron chi connectivity index (χ3n) is 6.48. The molecule has 6 atom stereocenters. The van der Waals surface area contributed by atoms with E-state index >= 15 is 0 Å². The molecule has 40 heavy (non-hydrogen) atoms. The molecule has 0 aromatic heterocycles. The van der Waals surface area contributed by atoms with E-state index in [0.717, 1.165) is 21.1 Å². The number of rotatable bonds is 14. The first-order chi connectivity index (χ1) is 19.5. The maximum Gasteiger partial charge on any atom is 0.302 e. The van der Waals surface area contributed by atoms with E-state index in [2.05, 4.69) is 22.6 Å². The van der Waals surface area contributed by atoms with Crippen LogP contribution in [0.1, 0.15) is 30.5 Å². The number of esters is 1. The predicted octanol–water partition coefficient (Wildman–Crippen LogP) is 5.87. The molecule has 1 aliphatic heterocycles. The van der Waals surface area contributed by atoms with Crippen LogP contribution in [0.25, 0.3) is 0 Å². The first-order valence-electron chi connectivity index (χ1n) is 13.5. The van der Waals surface area contributed by atoms with E-state index in [4.69, 9.17) is 28.4 Å². The molecule has 8 heteroatoms. The zero-order valence-electron chi connectivity index (χ0n) is 22.9. The van der Waals surface area contributed by atoms with Crippen molar-refractivity contribution in [2.75, 3.05) is 11.0 Å². The second-order valence-electron chi connectivity index (χ2n) is 9.73. The van der Waals surface area contributed by atoms with E-state index in [9.17, 15) is 4.79 Å². The maximum absolute atomic E-state index is 11.8. The Labute approximate surface area is 250 Å². The number of benzene rings is 3. The molecule has 7 nitrogen and oxygen atoms in total. The van der Waals surface area contributed by atoms with Crippen molar-refractivity contribution in [3.8, 4) is 0 Å². The third kappa shape index (κ3) is 9.36. The summed E-state index contributed by atoms with van der Waals surface area (Å²) in [6.07, 6.45) is -3.27. The van der Waals surface area contributed by atoms with Gasteiger partial charge in [-0.1, -0.05) is 114 Å². The Bertz CT molecular complexity index is 1130. The highest BCUT2D eigenvalue weighted by Crippen LogP contribution is 2.32. The molecular formula is C32H37IO7. The molecule has 1 saturated heterocycles. The maximum atomic E-state index is 11.8. The normalized spacial score (nSPS) is 23.4. The van der Waals surface area contributed by atoms with Gasteiger partial charge in [0.1, 0.15) is 31.0 Å². The molecule has 0 saturated carbocycles. The lowest BCUT2D eigenvalue weighted by Crippen LogP contribution is -2.62. The van der Waals surface area contributed by atoms with E-state index in [0.29, 0.717) is 19.8 Å². The molecule has 214 valence electrons. The van der Waals surface area contributed by atoms with Crippen molar-refractivity contribution < 1.29 is 33.2 Å². The topological polar surface area (TPSA) is 72.5 Å². The van der Waals surface area contributed by atoms with E-state index in [-0.39, 0.29) is 12.7 Å². The van der Waals surface area contributed by atoms with Crippen molar-refractivity contribution in [2.24, 2.45) is 0 Å². The fraction of sp³-hybridized carbons (Fsp3) is 0.406. The summed E-state index contributed by atoms with van der Waals surface area (Å²) in [6, 6.07) is 29.8. The molecule has 1 heterocycles. The Morgan fingerprint density at radius 1 is 0.750 bits per heavy atom. The Kier molecular flexibility index (Phi) is 12.4. The molecular weight excluding hydrogens is 623 g/mol. The molecule has 3 aromatic rings. The number of ether oxygens (including phenoxy) is 6. The monoisotopic (exact) mass is 660 g/mol. The van der Waals surface area contributed by atoms with E-state index in [1.54, 1.807) is 0 Å². The molecule has 0 unspecified atom stereocenters. The van der Waals surface area contributed by atoms with Crippen LogP contribution in [-0.2, 0) is 53.0 Å². The van der Waals surface area contributed by atoms with Crippen molar-refractivity contribution in [2.45, 2.75) is 70.5 Å². The minimum absolute atomic E-state index is 0.00384. The molecule has 1 aliphatic rings. The lowest BCUT2D eigenvalue weighted by molar-refractivity contribution is -0.332. The van der Waals surface area contributed by atoms with Crippen LogP contribution in [0.3, 0.4) is 0 Å². The van der Waals surface area contributed by atoms with Gasteiger partial charge in [-0.15, -0.1) is 0 Å². The highest BCUT2D eigenvalue weighted by molar-refractivity contribution is 14.1. The van der Waals surface area contributed by atoms with Gasteiger partial charge in [-0.05, 0) is 23.6 Å². The number of hydrogen-bond donors (Lipinski definition) is 0. The van der Waals surface area contributed by atoms with Crippen molar-refractivity contribution >= 4 is 28.6 Å². The van der Waals surface area contributed by atoms with Crippen LogP contribution in [0.2, 0.25) is 0 Å². The lowest BCUT2D eigenvalue weighted by atomic mass is 9.97. The Morgan fingerprint density at radius 3 is 1.65 bits per heavy atom. The summed E-state index contributed by atoms with van der Waals surface area (Å²) >= 11 is 2.28. The molecule has 0 spiro atoms. The second kappa shape index (κ2) is 16.2. The summed E-state index contributed by atoms with van der Waals surface area (Å²) in [5.41, 5.74) is 3.05. The van der Waals surface area contributed by atoms with Gasteiger partial charge < -0.3 is 28.4 Å². The number of halogens is 1. The van der Waals surface area contributed by atoms with E-state index in [1.807, 2.05) is 97.9 Å². The average Bonchev–Trinajstić information content (AvgIpc) is 2.99. The predicted molar refractivity (Wildman–Crippen MR) is 160 cm³/mol. The van der Waals surface area contributed by atoms with Gasteiger partial charge in [-0.2, -0.15) is 0 Å². The van der Waals surface area contributed by atoms with Crippen molar-refractivity contribution in [3.63, 3.8) is 0 Å². The highest BCUT2D eigenvalue weighted by atomic mass is 127. The number of hydrogen-bond acceptors (Lipinski definition) is 7. The first kappa shape index (κ1) is 30.6. The van der Waals surface area contributed by atoms with Gasteiger partial charge in [-0.25, -0.2) is 0 Å². The quantitative estimate of drug-likeness (QED) is 0.122. The summed E-state index contributed by atoms with van der Waals surface area (Å²) in [5, 5.41) is 0. The second-order valence-corrected chi connectivity index (χ2v) is 10.6. The van der Waals surface area contributed by atoms with Crippen molar-refractivity contribution in [3.05, 3.63) is 108 Å². The lowest BCUT2D eigenvalue weighted by Gasteiger charge is -2.46. The SMILES string of the molecule is CC(=O)OC[C@H]1O[C@@H](O[C@H](C)CI)[C@@H](OCc2ccccc2)[C@@H](OCc2ccccc2)[C@@H]1OCc1ccccc1. The molecule has 4 rings (SSSR count). The minimum atomic E-state index is -0.758. The molecule has 1 fully saturated rings. The third-order valence-corrected chi connectivity index (χ3v) is 7.72. The molecule has 0 bridgehead atoms. The Hall–Kier alpha value is -2.34. The van der Waals surface area contributed by atoms with Crippen LogP contribution >= 0.6 is 22.6 Å². The zero-order chi connectivity index (χ0) is 28.2. The fourth-order valence-corrected chi connectivity index (χ4v) is 4.66. The molecule has 3 aromatic carbocycles. The fourth-order valence-electron chi connectivity index (χ4n) is 4.45. The van der Waals surface area contributed by atoms with Gasteiger partial charge >= 0.3 is 5.97 Å². The van der Waals surface area contributed by atoms with Gasteiger partial charge in [0, 0.05) is 11.4 Å². The van der Waals surface area contributed by atoms with Gasteiger partial charge in [-0.3, -0.25) is 4.79 Å². The van der Waals surface area contributed by atoms with Crippen molar-refractivity contribution in [1.82, 2.24) is 0 Å². The number of carbonyl (C=O) groups is 1. The van der Waals surface area contributed by atoms with Gasteiger partial charge in [0.2, 0.25) is 0 Å². The molecule has 0 aliphatic carbocycles. The van der Waals surface area contributed by atoms with Crippen LogP contribution in [0.15, 0.2) is 91.0 Å².